The van der Waals surface area contributed by atoms with Gasteiger partial charge in [-0.05, 0) is 25.7 Å². The zero-order valence-electron chi connectivity index (χ0n) is 18.1. The van der Waals surface area contributed by atoms with Gasteiger partial charge in [-0.2, -0.15) is 0 Å². The minimum Gasteiger partial charge on any atom is -0.378 e. The molecule has 0 saturated heterocycles. The number of hydrogen-bond donors (Lipinski definition) is 3. The molecule has 7 nitrogen and oxygen atoms in total. The number of hydrogen-bond acceptors (Lipinski definition) is 5. The van der Waals surface area contributed by atoms with E-state index in [4.69, 9.17) is 4.74 Å². The minimum atomic E-state index is -0.0654. The minimum absolute atomic E-state index is 0.0527. The van der Waals surface area contributed by atoms with E-state index in [9.17, 15) is 14.4 Å². The van der Waals surface area contributed by atoms with Crippen LogP contribution in [0, 0.1) is 11.8 Å². The molecular formula is C20H39N3O4S. The number of rotatable bonds is 10. The molecule has 0 bridgehead atoms. The topological polar surface area (TPSA) is 96.5 Å². The van der Waals surface area contributed by atoms with Gasteiger partial charge in [0, 0.05) is 38.8 Å². The molecule has 164 valence electrons. The second kappa shape index (κ2) is 16.7. The molecule has 28 heavy (non-hydrogen) atoms. The van der Waals surface area contributed by atoms with E-state index in [1.807, 2.05) is 20.8 Å². The van der Waals surface area contributed by atoms with Gasteiger partial charge in [-0.15, -0.1) is 0 Å². The van der Waals surface area contributed by atoms with Crippen molar-refractivity contribution in [3.63, 3.8) is 0 Å². The maximum atomic E-state index is 11.7. The van der Waals surface area contributed by atoms with Crippen molar-refractivity contribution in [2.45, 2.75) is 71.8 Å². The molecule has 1 fully saturated rings. The molecule has 1 atom stereocenters. The van der Waals surface area contributed by atoms with E-state index in [1.165, 1.54) is 44.1 Å². The van der Waals surface area contributed by atoms with Gasteiger partial charge in [-0.25, -0.2) is 0 Å². The van der Waals surface area contributed by atoms with Crippen LogP contribution in [-0.4, -0.2) is 50.3 Å². The number of amides is 3. The Morgan fingerprint density at radius 3 is 2.21 bits per heavy atom. The number of carbonyl (C=O) groups is 3. The molecule has 1 saturated carbocycles. The summed E-state index contributed by atoms with van der Waals surface area (Å²) in [7, 11) is 1.64. The Bertz CT molecular complexity index is 455. The zero-order valence-corrected chi connectivity index (χ0v) is 19.0. The van der Waals surface area contributed by atoms with E-state index in [0.29, 0.717) is 25.3 Å². The molecule has 3 N–H and O–H groups in total. The molecule has 0 radical (unpaired) electrons. The summed E-state index contributed by atoms with van der Waals surface area (Å²) in [5.74, 6) is 0.761. The van der Waals surface area contributed by atoms with Gasteiger partial charge in [-0.1, -0.05) is 45.1 Å². The number of nitrogens with one attached hydrogen (secondary N) is 3. The van der Waals surface area contributed by atoms with Crippen molar-refractivity contribution in [3.05, 3.63) is 0 Å². The van der Waals surface area contributed by atoms with Gasteiger partial charge in [0.1, 0.15) is 0 Å². The summed E-state index contributed by atoms with van der Waals surface area (Å²) >= 11 is 1.27. The molecule has 0 spiro atoms. The first kappa shape index (κ1) is 26.7. The quantitative estimate of drug-likeness (QED) is 0.475. The molecule has 0 aromatic carbocycles. The molecule has 8 heteroatoms. The van der Waals surface area contributed by atoms with Crippen LogP contribution < -0.4 is 15.4 Å². The van der Waals surface area contributed by atoms with E-state index < -0.39 is 0 Å². The third-order valence-electron chi connectivity index (χ3n) is 4.47. The highest BCUT2D eigenvalue weighted by Crippen LogP contribution is 2.24. The predicted molar refractivity (Wildman–Crippen MR) is 115 cm³/mol. The van der Waals surface area contributed by atoms with Gasteiger partial charge < -0.3 is 20.1 Å². The number of carbonyl (C=O) groups excluding carboxylic acids is 3. The van der Waals surface area contributed by atoms with Crippen LogP contribution in [0.15, 0.2) is 0 Å². The van der Waals surface area contributed by atoms with Crippen molar-refractivity contribution < 1.29 is 19.1 Å². The van der Waals surface area contributed by atoms with Crippen LogP contribution in [0.4, 0.5) is 0 Å². The average molecular weight is 418 g/mol. The smallest absolute Gasteiger partial charge is 0.231 e. The van der Waals surface area contributed by atoms with E-state index in [1.54, 1.807) is 13.3 Å². The van der Waals surface area contributed by atoms with Gasteiger partial charge in [0.2, 0.25) is 17.7 Å². The Morgan fingerprint density at radius 2 is 1.71 bits per heavy atom. The molecule has 1 aliphatic carbocycles. The Hall–Kier alpha value is -1.28. The Morgan fingerprint density at radius 1 is 1.07 bits per heavy atom. The lowest BCUT2D eigenvalue weighted by Crippen LogP contribution is -2.31. The van der Waals surface area contributed by atoms with E-state index >= 15 is 0 Å². The summed E-state index contributed by atoms with van der Waals surface area (Å²) in [6.45, 7) is 6.80. The van der Waals surface area contributed by atoms with Crippen LogP contribution in [0.2, 0.25) is 0 Å². The molecule has 3 amide bonds. The summed E-state index contributed by atoms with van der Waals surface area (Å²) in [4.78, 5) is 33.3. The van der Waals surface area contributed by atoms with E-state index in [2.05, 4.69) is 15.4 Å². The first-order chi connectivity index (χ1) is 13.3. The SMILES string of the molecule is CNC(=O)C(C)C.CSNC(=O)CCNC(=O)CC(C)OCC1CCCCC1. The highest BCUT2D eigenvalue weighted by molar-refractivity contribution is 7.97. The average Bonchev–Trinajstić information content (AvgIpc) is 2.67. The molecule has 1 unspecified atom stereocenters. The first-order valence-corrected chi connectivity index (χ1v) is 11.4. The summed E-state index contributed by atoms with van der Waals surface area (Å²) in [5, 5.41) is 5.28. The van der Waals surface area contributed by atoms with Crippen LogP contribution in [0.1, 0.15) is 65.7 Å². The van der Waals surface area contributed by atoms with E-state index in [0.717, 1.165) is 6.61 Å². The Labute approximate surface area is 174 Å². The molecular weight excluding hydrogens is 378 g/mol. The van der Waals surface area contributed by atoms with Gasteiger partial charge >= 0.3 is 0 Å². The highest BCUT2D eigenvalue weighted by atomic mass is 32.2. The maximum absolute atomic E-state index is 11.7. The number of ether oxygens (including phenoxy) is 1. The summed E-state index contributed by atoms with van der Waals surface area (Å²) in [6.07, 6.45) is 8.86. The molecule has 1 aliphatic rings. The van der Waals surface area contributed by atoms with Crippen molar-refractivity contribution >= 4 is 29.7 Å². The lowest BCUT2D eigenvalue weighted by atomic mass is 9.90. The highest BCUT2D eigenvalue weighted by Gasteiger charge is 2.16. The Balaban J connectivity index is 0.000000887. The second-order valence-electron chi connectivity index (χ2n) is 7.45. The predicted octanol–water partition coefficient (Wildman–Crippen LogP) is 2.65. The molecule has 0 heterocycles. The van der Waals surface area contributed by atoms with E-state index in [-0.39, 0.29) is 29.7 Å². The standard InChI is InChI=1S/C15H28N2O3S.C5H11NO/c1-12(20-11-13-6-4-3-5-7-13)10-15(19)16-9-8-14(18)17-21-2;1-4(2)5(7)6-3/h12-13H,3-11H2,1-2H3,(H,16,19)(H,17,18);4H,1-3H3,(H,6,7). The van der Waals surface area contributed by atoms with Gasteiger partial charge in [0.05, 0.1) is 12.5 Å². The summed E-state index contributed by atoms with van der Waals surface area (Å²) in [6, 6.07) is 0. The second-order valence-corrected chi connectivity index (χ2v) is 8.06. The monoisotopic (exact) mass is 417 g/mol. The van der Waals surface area contributed by atoms with Crippen molar-refractivity contribution in [2.75, 3.05) is 26.5 Å². The van der Waals surface area contributed by atoms with Crippen molar-refractivity contribution in [2.24, 2.45) is 11.8 Å². The van der Waals surface area contributed by atoms with Crippen LogP contribution in [-0.2, 0) is 19.1 Å². The van der Waals surface area contributed by atoms with Gasteiger partial charge in [0.25, 0.3) is 0 Å². The fraction of sp³-hybridized carbons (Fsp3) is 0.850. The molecule has 0 aromatic heterocycles. The Kier molecular flexibility index (Phi) is 15.9. The van der Waals surface area contributed by atoms with Crippen molar-refractivity contribution in [1.29, 1.82) is 0 Å². The fourth-order valence-corrected chi connectivity index (χ4v) is 3.15. The summed E-state index contributed by atoms with van der Waals surface area (Å²) in [5.41, 5.74) is 0. The molecule has 0 aliphatic heterocycles. The van der Waals surface area contributed by atoms with Crippen molar-refractivity contribution in [3.8, 4) is 0 Å². The third kappa shape index (κ3) is 14.7. The van der Waals surface area contributed by atoms with Crippen LogP contribution >= 0.6 is 11.9 Å². The molecule has 0 aromatic rings. The van der Waals surface area contributed by atoms with Crippen molar-refractivity contribution in [1.82, 2.24) is 15.4 Å². The van der Waals surface area contributed by atoms with Crippen LogP contribution in [0.25, 0.3) is 0 Å². The lowest BCUT2D eigenvalue weighted by Gasteiger charge is -2.23. The van der Waals surface area contributed by atoms with Crippen LogP contribution in [0.5, 0.6) is 0 Å². The molecule has 1 rings (SSSR count). The third-order valence-corrected chi connectivity index (χ3v) is 4.91. The fourth-order valence-electron chi connectivity index (χ4n) is 2.82. The largest absolute Gasteiger partial charge is 0.378 e. The first-order valence-electron chi connectivity index (χ1n) is 10.2. The maximum Gasteiger partial charge on any atom is 0.231 e. The lowest BCUT2D eigenvalue weighted by molar-refractivity contribution is -0.125. The normalized spacial score (nSPS) is 15.2. The van der Waals surface area contributed by atoms with Gasteiger partial charge in [0.15, 0.2) is 0 Å². The zero-order chi connectivity index (χ0) is 21.4. The van der Waals surface area contributed by atoms with Crippen LogP contribution in [0.3, 0.4) is 0 Å². The summed E-state index contributed by atoms with van der Waals surface area (Å²) < 4.78 is 8.39. The van der Waals surface area contributed by atoms with Gasteiger partial charge in [-0.3, -0.25) is 14.4 Å².